The number of carbonyl (C=O) groups is 2. The fourth-order valence-corrected chi connectivity index (χ4v) is 1.96. The number of para-hydroxylation sites is 2. The van der Waals surface area contributed by atoms with Crippen LogP contribution >= 0.6 is 12.4 Å². The van der Waals surface area contributed by atoms with Crippen LogP contribution in [0.25, 0.3) is 0 Å². The maximum absolute atomic E-state index is 11.8. The standard InChI is InChI=1S/C15H23N3O2.ClH/c1-3-18(4-2)15(20)11-7-10-14(19)17-13-9-6-5-8-12(13)16;/h5-6,8-9H,3-4,7,10-11,16H2,1-2H3,(H,17,19);1H. The largest absolute Gasteiger partial charge is 0.397 e. The fourth-order valence-electron chi connectivity index (χ4n) is 1.96. The van der Waals surface area contributed by atoms with Crippen LogP contribution in [0.4, 0.5) is 11.4 Å². The molecule has 2 amide bonds. The van der Waals surface area contributed by atoms with Crippen molar-refractivity contribution in [2.24, 2.45) is 0 Å². The smallest absolute Gasteiger partial charge is 0.224 e. The van der Waals surface area contributed by atoms with Crippen molar-refractivity contribution in [1.82, 2.24) is 4.90 Å². The van der Waals surface area contributed by atoms with Crippen molar-refractivity contribution in [3.63, 3.8) is 0 Å². The summed E-state index contributed by atoms with van der Waals surface area (Å²) in [4.78, 5) is 25.3. The Morgan fingerprint density at radius 1 is 1.14 bits per heavy atom. The minimum atomic E-state index is -0.116. The van der Waals surface area contributed by atoms with Crippen molar-refractivity contribution in [3.8, 4) is 0 Å². The highest BCUT2D eigenvalue weighted by Gasteiger charge is 2.10. The molecule has 0 radical (unpaired) electrons. The van der Waals surface area contributed by atoms with Gasteiger partial charge in [0.1, 0.15) is 0 Å². The Morgan fingerprint density at radius 2 is 1.76 bits per heavy atom. The van der Waals surface area contributed by atoms with E-state index in [1.807, 2.05) is 26.0 Å². The SMILES string of the molecule is CCN(CC)C(=O)CCCC(=O)Nc1ccccc1N.Cl. The number of carbonyl (C=O) groups excluding carboxylic acids is 2. The number of benzene rings is 1. The molecule has 3 N–H and O–H groups in total. The molecule has 21 heavy (non-hydrogen) atoms. The van der Waals surface area contributed by atoms with Crippen molar-refractivity contribution in [2.45, 2.75) is 33.1 Å². The second-order valence-electron chi connectivity index (χ2n) is 4.56. The normalized spacial score (nSPS) is 9.62. The topological polar surface area (TPSA) is 75.4 Å². The molecule has 0 atom stereocenters. The monoisotopic (exact) mass is 313 g/mol. The van der Waals surface area contributed by atoms with E-state index >= 15 is 0 Å². The van der Waals surface area contributed by atoms with E-state index in [1.54, 1.807) is 17.0 Å². The Morgan fingerprint density at radius 3 is 2.33 bits per heavy atom. The Kier molecular flexibility index (Phi) is 9.21. The van der Waals surface area contributed by atoms with E-state index in [0.29, 0.717) is 43.7 Å². The van der Waals surface area contributed by atoms with Gasteiger partial charge < -0.3 is 16.0 Å². The summed E-state index contributed by atoms with van der Waals surface area (Å²) in [5.74, 6) is -0.0164. The molecule has 0 bridgehead atoms. The van der Waals surface area contributed by atoms with E-state index in [9.17, 15) is 9.59 Å². The zero-order chi connectivity index (χ0) is 15.0. The lowest BCUT2D eigenvalue weighted by Gasteiger charge is -2.18. The molecule has 1 rings (SSSR count). The Hall–Kier alpha value is -1.75. The highest BCUT2D eigenvalue weighted by atomic mass is 35.5. The summed E-state index contributed by atoms with van der Waals surface area (Å²) in [6.07, 6.45) is 1.27. The van der Waals surface area contributed by atoms with Gasteiger partial charge in [-0.25, -0.2) is 0 Å². The lowest BCUT2D eigenvalue weighted by molar-refractivity contribution is -0.130. The first-order chi connectivity index (χ1) is 9.58. The van der Waals surface area contributed by atoms with Gasteiger partial charge in [-0.05, 0) is 32.4 Å². The number of rotatable bonds is 7. The number of nitrogens with two attached hydrogens (primary N) is 1. The summed E-state index contributed by atoms with van der Waals surface area (Å²) in [6, 6.07) is 7.12. The second kappa shape index (κ2) is 10.0. The highest BCUT2D eigenvalue weighted by Crippen LogP contribution is 2.17. The van der Waals surface area contributed by atoms with Crippen LogP contribution in [0.2, 0.25) is 0 Å². The highest BCUT2D eigenvalue weighted by molar-refractivity contribution is 5.93. The van der Waals surface area contributed by atoms with Gasteiger partial charge in [-0.3, -0.25) is 9.59 Å². The molecule has 0 fully saturated rings. The lowest BCUT2D eigenvalue weighted by Crippen LogP contribution is -2.30. The van der Waals surface area contributed by atoms with Gasteiger partial charge in [-0.1, -0.05) is 12.1 Å². The van der Waals surface area contributed by atoms with Gasteiger partial charge in [-0.2, -0.15) is 0 Å². The van der Waals surface area contributed by atoms with E-state index in [-0.39, 0.29) is 24.2 Å². The van der Waals surface area contributed by atoms with E-state index in [1.165, 1.54) is 0 Å². The fraction of sp³-hybridized carbons (Fsp3) is 0.467. The van der Waals surface area contributed by atoms with Gasteiger partial charge in [0.05, 0.1) is 11.4 Å². The molecule has 118 valence electrons. The summed E-state index contributed by atoms with van der Waals surface area (Å²) in [7, 11) is 0. The van der Waals surface area contributed by atoms with E-state index < -0.39 is 0 Å². The lowest BCUT2D eigenvalue weighted by atomic mass is 10.2. The third-order valence-corrected chi connectivity index (χ3v) is 3.15. The van der Waals surface area contributed by atoms with Crippen LogP contribution in [-0.2, 0) is 9.59 Å². The van der Waals surface area contributed by atoms with Crippen molar-refractivity contribution in [3.05, 3.63) is 24.3 Å². The number of hydrogen-bond acceptors (Lipinski definition) is 3. The Bertz CT molecular complexity index is 462. The average Bonchev–Trinajstić information content (AvgIpc) is 2.43. The van der Waals surface area contributed by atoms with Gasteiger partial charge >= 0.3 is 0 Å². The molecular formula is C15H24ClN3O2. The van der Waals surface area contributed by atoms with Crippen molar-refractivity contribution >= 4 is 35.6 Å². The molecule has 0 saturated carbocycles. The first kappa shape index (κ1) is 19.2. The number of amides is 2. The number of nitrogens with zero attached hydrogens (tertiary/aromatic N) is 1. The van der Waals surface area contributed by atoms with E-state index in [4.69, 9.17) is 5.73 Å². The first-order valence-corrected chi connectivity index (χ1v) is 7.00. The zero-order valence-electron chi connectivity index (χ0n) is 12.6. The minimum Gasteiger partial charge on any atom is -0.397 e. The van der Waals surface area contributed by atoms with Crippen LogP contribution < -0.4 is 11.1 Å². The Labute approximate surface area is 132 Å². The second-order valence-corrected chi connectivity index (χ2v) is 4.56. The molecule has 1 aromatic carbocycles. The molecule has 0 spiro atoms. The van der Waals surface area contributed by atoms with E-state index in [0.717, 1.165) is 0 Å². The molecule has 0 aliphatic rings. The van der Waals surface area contributed by atoms with Crippen LogP contribution in [0.5, 0.6) is 0 Å². The minimum absolute atomic E-state index is 0. The number of halogens is 1. The predicted octanol–water partition coefficient (Wildman–Crippen LogP) is 2.67. The van der Waals surface area contributed by atoms with Gasteiger partial charge in [0.2, 0.25) is 11.8 Å². The van der Waals surface area contributed by atoms with Crippen LogP contribution in [-0.4, -0.2) is 29.8 Å². The first-order valence-electron chi connectivity index (χ1n) is 7.00. The molecule has 0 saturated heterocycles. The molecular weight excluding hydrogens is 290 g/mol. The maximum atomic E-state index is 11.8. The molecule has 5 nitrogen and oxygen atoms in total. The summed E-state index contributed by atoms with van der Waals surface area (Å²) in [5, 5.41) is 2.75. The van der Waals surface area contributed by atoms with Gasteiger partial charge in [0.25, 0.3) is 0 Å². The number of nitrogens with one attached hydrogen (secondary N) is 1. The molecule has 0 unspecified atom stereocenters. The van der Waals surface area contributed by atoms with Crippen LogP contribution in [0, 0.1) is 0 Å². The van der Waals surface area contributed by atoms with Crippen molar-refractivity contribution < 1.29 is 9.59 Å². The summed E-state index contributed by atoms with van der Waals surface area (Å²) in [5.41, 5.74) is 6.91. The quantitative estimate of drug-likeness (QED) is 0.760. The predicted molar refractivity (Wildman–Crippen MR) is 88.5 cm³/mol. The number of hydrogen-bond donors (Lipinski definition) is 2. The summed E-state index contributed by atoms with van der Waals surface area (Å²) < 4.78 is 0. The molecule has 0 aliphatic carbocycles. The summed E-state index contributed by atoms with van der Waals surface area (Å²) >= 11 is 0. The third kappa shape index (κ3) is 6.49. The van der Waals surface area contributed by atoms with Crippen LogP contribution in [0.3, 0.4) is 0 Å². The third-order valence-electron chi connectivity index (χ3n) is 3.15. The molecule has 1 aromatic rings. The molecule has 6 heteroatoms. The van der Waals surface area contributed by atoms with Gasteiger partial charge in [-0.15, -0.1) is 12.4 Å². The average molecular weight is 314 g/mol. The van der Waals surface area contributed by atoms with Gasteiger partial charge in [0.15, 0.2) is 0 Å². The number of nitrogen functional groups attached to an aromatic ring is 1. The van der Waals surface area contributed by atoms with Crippen molar-refractivity contribution in [1.29, 1.82) is 0 Å². The van der Waals surface area contributed by atoms with Crippen LogP contribution in [0.15, 0.2) is 24.3 Å². The maximum Gasteiger partial charge on any atom is 0.224 e. The number of anilines is 2. The van der Waals surface area contributed by atoms with Crippen LogP contribution in [0.1, 0.15) is 33.1 Å². The van der Waals surface area contributed by atoms with Crippen molar-refractivity contribution in [2.75, 3.05) is 24.1 Å². The molecule has 0 aromatic heterocycles. The molecule has 0 aliphatic heterocycles. The van der Waals surface area contributed by atoms with E-state index in [2.05, 4.69) is 5.32 Å². The zero-order valence-corrected chi connectivity index (χ0v) is 13.4. The summed E-state index contributed by atoms with van der Waals surface area (Å²) in [6.45, 7) is 5.32. The Balaban J connectivity index is 0.00000400. The van der Waals surface area contributed by atoms with Gasteiger partial charge in [0, 0.05) is 25.9 Å². The molecule has 0 heterocycles.